The fraction of sp³-hybridized carbons (Fsp3) is 0.733. The number of rotatable bonds is 1. The van der Waals surface area contributed by atoms with Gasteiger partial charge in [0.25, 0.3) is 0 Å². The van der Waals surface area contributed by atoms with Crippen LogP contribution in [-0.2, 0) is 0 Å². The summed E-state index contributed by atoms with van der Waals surface area (Å²) in [5, 5.41) is 20.1. The Bertz CT molecular complexity index is 289. The number of hydrogen-bond donors (Lipinski definition) is 2. The number of hydrogen-bond acceptors (Lipinski definition) is 2. The maximum atomic E-state index is 10.2. The number of aliphatic hydroxyl groups is 2. The zero-order valence-corrected chi connectivity index (χ0v) is 11.3. The minimum Gasteiger partial charge on any atom is -0.389 e. The van der Waals surface area contributed by atoms with Crippen LogP contribution in [0.5, 0.6) is 0 Å². The summed E-state index contributed by atoms with van der Waals surface area (Å²) in [5.41, 5.74) is 0.0906. The molecule has 0 spiro atoms. The molecule has 1 rings (SSSR count). The summed E-state index contributed by atoms with van der Waals surface area (Å²) in [5.74, 6) is 0.995. The third kappa shape index (κ3) is 4.64. The molecule has 0 saturated heterocycles. The molecule has 1 unspecified atom stereocenters. The van der Waals surface area contributed by atoms with Crippen LogP contribution in [0, 0.1) is 11.8 Å². The van der Waals surface area contributed by atoms with E-state index in [9.17, 15) is 10.2 Å². The number of allylic oxidation sites excluding steroid dienone is 1. The van der Waals surface area contributed by atoms with Crippen molar-refractivity contribution in [2.75, 3.05) is 0 Å². The maximum absolute atomic E-state index is 10.2. The second-order valence-corrected chi connectivity index (χ2v) is 5.88. The van der Waals surface area contributed by atoms with Crippen molar-refractivity contribution in [3.63, 3.8) is 0 Å². The normalized spacial score (nSPS) is 36.2. The predicted octanol–water partition coefficient (Wildman–Crippen LogP) is 3.06. The van der Waals surface area contributed by atoms with Crippen molar-refractivity contribution in [1.29, 1.82) is 0 Å². The molecule has 0 fully saturated rings. The topological polar surface area (TPSA) is 40.5 Å². The van der Waals surface area contributed by atoms with Crippen LogP contribution >= 0.6 is 0 Å². The molecule has 0 saturated carbocycles. The fourth-order valence-corrected chi connectivity index (χ4v) is 2.22. The molecule has 0 heterocycles. The molecule has 3 atom stereocenters. The minimum atomic E-state index is -0.814. The quantitative estimate of drug-likeness (QED) is 0.689. The van der Waals surface area contributed by atoms with Gasteiger partial charge in [-0.2, -0.15) is 0 Å². The molecule has 1 aliphatic rings. The Hall–Kier alpha value is -0.600. The van der Waals surface area contributed by atoms with Crippen molar-refractivity contribution in [1.82, 2.24) is 0 Å². The summed E-state index contributed by atoms with van der Waals surface area (Å²) in [4.78, 5) is 0. The third-order valence-corrected chi connectivity index (χ3v) is 3.75. The van der Waals surface area contributed by atoms with Crippen molar-refractivity contribution < 1.29 is 10.2 Å². The molecule has 2 heteroatoms. The molecule has 0 aromatic carbocycles. The molecule has 17 heavy (non-hydrogen) atoms. The lowest BCUT2D eigenvalue weighted by molar-refractivity contribution is 0.0781. The average Bonchev–Trinajstić information content (AvgIpc) is 2.24. The Kier molecular flexibility index (Phi) is 4.96. The lowest BCUT2D eigenvalue weighted by atomic mass is 9.84. The lowest BCUT2D eigenvalue weighted by Gasteiger charge is -2.26. The first-order chi connectivity index (χ1) is 7.82. The molecule has 2 nitrogen and oxygen atoms in total. The fourth-order valence-electron chi connectivity index (χ4n) is 2.22. The van der Waals surface area contributed by atoms with Crippen molar-refractivity contribution in [2.24, 2.45) is 11.8 Å². The van der Waals surface area contributed by atoms with E-state index in [1.165, 1.54) is 0 Å². The van der Waals surface area contributed by atoms with Crippen molar-refractivity contribution >= 4 is 0 Å². The molecule has 0 aliphatic heterocycles. The van der Waals surface area contributed by atoms with Crippen LogP contribution < -0.4 is 0 Å². The van der Waals surface area contributed by atoms with Crippen LogP contribution in [0.15, 0.2) is 24.3 Å². The Morgan fingerprint density at radius 1 is 1.41 bits per heavy atom. The van der Waals surface area contributed by atoms with Gasteiger partial charge in [0, 0.05) is 0 Å². The standard InChI is InChI=1S/C15H26O2/c1-11(2)13-6-5-12(3)14(16)8-10-15(4,17)9-7-13/h7,9,11,13-14,16-17H,3,5-6,8,10H2,1-2,4H3/t13-,14?,15-/m1/s1. The highest BCUT2D eigenvalue weighted by Gasteiger charge is 2.23. The average molecular weight is 238 g/mol. The summed E-state index contributed by atoms with van der Waals surface area (Å²) in [6.45, 7) is 10.1. The van der Waals surface area contributed by atoms with E-state index in [4.69, 9.17) is 0 Å². The first-order valence-electron chi connectivity index (χ1n) is 6.59. The van der Waals surface area contributed by atoms with Crippen LogP contribution in [0.3, 0.4) is 0 Å². The van der Waals surface area contributed by atoms with Gasteiger partial charge >= 0.3 is 0 Å². The third-order valence-electron chi connectivity index (χ3n) is 3.75. The van der Waals surface area contributed by atoms with Gasteiger partial charge in [-0.05, 0) is 50.0 Å². The molecule has 0 aromatic heterocycles. The predicted molar refractivity (Wildman–Crippen MR) is 71.7 cm³/mol. The molecule has 0 aromatic rings. The van der Waals surface area contributed by atoms with Crippen LogP contribution in [0.2, 0.25) is 0 Å². The lowest BCUT2D eigenvalue weighted by Crippen LogP contribution is -2.25. The van der Waals surface area contributed by atoms with Crippen molar-refractivity contribution in [3.05, 3.63) is 24.3 Å². The van der Waals surface area contributed by atoms with Gasteiger partial charge in [0.2, 0.25) is 0 Å². The van der Waals surface area contributed by atoms with E-state index >= 15 is 0 Å². The summed E-state index contributed by atoms with van der Waals surface area (Å²) >= 11 is 0. The second kappa shape index (κ2) is 5.83. The van der Waals surface area contributed by atoms with Gasteiger partial charge in [-0.25, -0.2) is 0 Å². The van der Waals surface area contributed by atoms with Gasteiger partial charge in [-0.3, -0.25) is 0 Å². The highest BCUT2D eigenvalue weighted by Crippen LogP contribution is 2.27. The van der Waals surface area contributed by atoms with E-state index in [-0.39, 0.29) is 0 Å². The molecular weight excluding hydrogens is 212 g/mol. The van der Waals surface area contributed by atoms with Gasteiger partial charge in [-0.15, -0.1) is 0 Å². The Balaban J connectivity index is 2.83. The zero-order valence-electron chi connectivity index (χ0n) is 11.3. The Labute approximate surface area is 105 Å². The van der Waals surface area contributed by atoms with Gasteiger partial charge < -0.3 is 10.2 Å². The van der Waals surface area contributed by atoms with E-state index < -0.39 is 11.7 Å². The highest BCUT2D eigenvalue weighted by molar-refractivity contribution is 5.08. The molecule has 0 bridgehead atoms. The smallest absolute Gasteiger partial charge is 0.0800 e. The summed E-state index contributed by atoms with van der Waals surface area (Å²) < 4.78 is 0. The molecule has 2 N–H and O–H groups in total. The minimum absolute atomic E-state index is 0.448. The monoisotopic (exact) mass is 238 g/mol. The maximum Gasteiger partial charge on any atom is 0.0800 e. The van der Waals surface area contributed by atoms with E-state index in [1.54, 1.807) is 6.92 Å². The van der Waals surface area contributed by atoms with Gasteiger partial charge in [-0.1, -0.05) is 32.6 Å². The summed E-state index contributed by atoms with van der Waals surface area (Å²) in [6, 6.07) is 0. The van der Waals surface area contributed by atoms with E-state index in [2.05, 4.69) is 26.5 Å². The molecule has 1 aliphatic carbocycles. The van der Waals surface area contributed by atoms with Gasteiger partial charge in [0.15, 0.2) is 0 Å². The SMILES string of the molecule is C=C1CC[C@@H](C(C)C)C=C[C@@](C)(O)CCC1O. The molecule has 98 valence electrons. The number of aliphatic hydroxyl groups excluding tert-OH is 1. The molecule has 0 radical (unpaired) electrons. The highest BCUT2D eigenvalue weighted by atomic mass is 16.3. The van der Waals surface area contributed by atoms with Crippen LogP contribution in [-0.4, -0.2) is 21.9 Å². The van der Waals surface area contributed by atoms with E-state index in [0.29, 0.717) is 24.7 Å². The van der Waals surface area contributed by atoms with Crippen molar-refractivity contribution in [3.8, 4) is 0 Å². The molecular formula is C15H26O2. The van der Waals surface area contributed by atoms with Crippen molar-refractivity contribution in [2.45, 2.75) is 58.2 Å². The van der Waals surface area contributed by atoms with Crippen LogP contribution in [0.25, 0.3) is 0 Å². The Morgan fingerprint density at radius 3 is 2.65 bits per heavy atom. The van der Waals surface area contributed by atoms with Crippen LogP contribution in [0.4, 0.5) is 0 Å². The second-order valence-electron chi connectivity index (χ2n) is 5.88. The zero-order chi connectivity index (χ0) is 13.1. The first-order valence-corrected chi connectivity index (χ1v) is 6.59. The van der Waals surface area contributed by atoms with Gasteiger partial charge in [0.05, 0.1) is 11.7 Å². The summed E-state index contributed by atoms with van der Waals surface area (Å²) in [6.07, 6.45) is 6.60. The van der Waals surface area contributed by atoms with E-state index in [0.717, 1.165) is 18.4 Å². The largest absolute Gasteiger partial charge is 0.389 e. The molecule has 0 amide bonds. The van der Waals surface area contributed by atoms with Crippen LogP contribution in [0.1, 0.15) is 46.5 Å². The first kappa shape index (κ1) is 14.5. The van der Waals surface area contributed by atoms with E-state index in [1.807, 2.05) is 6.08 Å². The summed E-state index contributed by atoms with van der Waals surface area (Å²) in [7, 11) is 0. The van der Waals surface area contributed by atoms with Gasteiger partial charge in [0.1, 0.15) is 0 Å². The Morgan fingerprint density at radius 2 is 2.06 bits per heavy atom.